The van der Waals surface area contributed by atoms with E-state index >= 15 is 0 Å². The number of para-hydroxylation sites is 1. The molecule has 2 aromatic heterocycles. The van der Waals surface area contributed by atoms with Gasteiger partial charge in [-0.25, -0.2) is 4.79 Å². The van der Waals surface area contributed by atoms with E-state index in [-0.39, 0.29) is 22.9 Å². The van der Waals surface area contributed by atoms with E-state index in [1.54, 1.807) is 36.7 Å². The molecule has 0 fully saturated rings. The maximum absolute atomic E-state index is 13.2. The minimum atomic E-state index is -1.40. The van der Waals surface area contributed by atoms with E-state index in [1.807, 2.05) is 72.8 Å². The molecule has 0 saturated heterocycles. The normalized spacial score (nSPS) is 15.8. The second-order valence-corrected chi connectivity index (χ2v) is 11.4. The van der Waals surface area contributed by atoms with E-state index in [2.05, 4.69) is 25.1 Å². The second kappa shape index (κ2) is 11.7. The number of benzene rings is 4. The quantitative estimate of drug-likeness (QED) is 0.133. The van der Waals surface area contributed by atoms with Crippen molar-refractivity contribution in [2.75, 3.05) is 4.90 Å². The Morgan fingerprint density at radius 3 is 2.08 bits per heavy atom. The van der Waals surface area contributed by atoms with Crippen molar-refractivity contribution < 1.29 is 24.5 Å². The Balaban J connectivity index is 1.22. The maximum Gasteiger partial charge on any atom is 0.340 e. The summed E-state index contributed by atoms with van der Waals surface area (Å²) in [6, 6.07) is 34.0. The first-order valence-corrected chi connectivity index (χ1v) is 15.3. The summed E-state index contributed by atoms with van der Waals surface area (Å²) in [7, 11) is 0. The van der Waals surface area contributed by atoms with Crippen molar-refractivity contribution in [2.24, 2.45) is 10.2 Å². The fourth-order valence-electron chi connectivity index (χ4n) is 6.29. The van der Waals surface area contributed by atoms with Gasteiger partial charge in [0.25, 0.3) is 0 Å². The van der Waals surface area contributed by atoms with Crippen molar-refractivity contribution in [1.29, 1.82) is 0 Å². The van der Waals surface area contributed by atoms with E-state index in [9.17, 15) is 15.0 Å². The number of hydrogen-bond donors (Lipinski definition) is 2. The fourth-order valence-corrected chi connectivity index (χ4v) is 6.29. The number of phenols is 2. The predicted octanol–water partition coefficient (Wildman–Crippen LogP) is 8.08. The van der Waals surface area contributed by atoms with Crippen LogP contribution >= 0.6 is 0 Å². The molecular weight excluding hydrogens is 606 g/mol. The summed E-state index contributed by atoms with van der Waals surface area (Å²) < 4.78 is 12.4. The van der Waals surface area contributed by atoms with Gasteiger partial charge in [0.05, 0.1) is 41.3 Å². The highest BCUT2D eigenvalue weighted by atomic mass is 16.6. The first-order valence-electron chi connectivity index (χ1n) is 15.3. The monoisotopic (exact) mass is 633 g/mol. The number of fused-ring (bicyclic) bond motifs is 6. The maximum atomic E-state index is 13.2. The van der Waals surface area contributed by atoms with Gasteiger partial charge in [-0.3, -0.25) is 9.97 Å². The second-order valence-electron chi connectivity index (χ2n) is 11.4. The van der Waals surface area contributed by atoms with E-state index in [1.165, 1.54) is 18.2 Å². The minimum absolute atomic E-state index is 0.0154. The average Bonchev–Trinajstić information content (AvgIpc) is 3.40. The molecule has 234 valence electrons. The number of carbonyl (C=O) groups is 1. The van der Waals surface area contributed by atoms with E-state index in [0.717, 1.165) is 17.1 Å². The lowest BCUT2D eigenvalue weighted by Crippen LogP contribution is -2.32. The smallest absolute Gasteiger partial charge is 0.340 e. The molecule has 0 saturated carbocycles. The highest BCUT2D eigenvalue weighted by molar-refractivity contribution is 5.97. The van der Waals surface area contributed by atoms with E-state index in [0.29, 0.717) is 46.8 Å². The van der Waals surface area contributed by atoms with Crippen LogP contribution in [0.5, 0.6) is 23.0 Å². The van der Waals surface area contributed by atoms with Gasteiger partial charge in [0.1, 0.15) is 34.4 Å². The van der Waals surface area contributed by atoms with Crippen LogP contribution in [-0.2, 0) is 23.4 Å². The number of hydrogen-bond acceptors (Lipinski definition) is 10. The molecule has 2 N–H and O–H groups in total. The number of esters is 1. The number of nitrogens with zero attached hydrogens (tertiary/aromatic N) is 5. The summed E-state index contributed by atoms with van der Waals surface area (Å²) >= 11 is 0. The fraction of sp³-hybridized carbons (Fsp3) is 0.0789. The molecule has 2 aliphatic heterocycles. The third-order valence-electron chi connectivity index (χ3n) is 8.44. The zero-order valence-electron chi connectivity index (χ0n) is 25.4. The summed E-state index contributed by atoms with van der Waals surface area (Å²) in [5.41, 5.74) is 3.87. The van der Waals surface area contributed by atoms with E-state index in [4.69, 9.17) is 9.47 Å². The number of rotatable bonds is 7. The molecule has 0 radical (unpaired) electrons. The van der Waals surface area contributed by atoms with Gasteiger partial charge >= 0.3 is 5.97 Å². The Morgan fingerprint density at radius 1 is 0.667 bits per heavy atom. The van der Waals surface area contributed by atoms with Gasteiger partial charge in [-0.15, -0.1) is 10.2 Å². The lowest BCUT2D eigenvalue weighted by atomic mass is 9.77. The number of pyridine rings is 2. The zero-order chi connectivity index (χ0) is 32.7. The van der Waals surface area contributed by atoms with E-state index < -0.39 is 11.6 Å². The van der Waals surface area contributed by atoms with Crippen LogP contribution in [-0.4, -0.2) is 26.2 Å². The van der Waals surface area contributed by atoms with Crippen LogP contribution in [0.1, 0.15) is 38.4 Å². The Morgan fingerprint density at radius 2 is 1.33 bits per heavy atom. The number of phenolic OH excluding ortho intramolecular Hbond substituents is 2. The van der Waals surface area contributed by atoms with Gasteiger partial charge < -0.3 is 24.6 Å². The first kappa shape index (κ1) is 28.9. The molecule has 0 bridgehead atoms. The summed E-state index contributed by atoms with van der Waals surface area (Å²) in [6.07, 6.45) is 3.52. The van der Waals surface area contributed by atoms with Gasteiger partial charge in [0, 0.05) is 35.7 Å². The molecule has 6 aromatic rings. The molecule has 0 amide bonds. The topological polar surface area (TPSA) is 130 Å². The largest absolute Gasteiger partial charge is 0.508 e. The summed E-state index contributed by atoms with van der Waals surface area (Å²) in [6.45, 7) is 0.987. The minimum Gasteiger partial charge on any atom is -0.508 e. The molecule has 0 aliphatic carbocycles. The molecule has 10 nitrogen and oxygen atoms in total. The molecule has 1 atom stereocenters. The summed E-state index contributed by atoms with van der Waals surface area (Å²) in [4.78, 5) is 24.4. The third kappa shape index (κ3) is 4.96. The Labute approximate surface area is 275 Å². The van der Waals surface area contributed by atoms with Crippen LogP contribution < -0.4 is 9.64 Å². The number of azo groups is 1. The van der Waals surface area contributed by atoms with Crippen molar-refractivity contribution in [3.63, 3.8) is 0 Å². The molecule has 48 heavy (non-hydrogen) atoms. The highest BCUT2D eigenvalue weighted by Crippen LogP contribution is 2.58. The third-order valence-corrected chi connectivity index (χ3v) is 8.44. The lowest BCUT2D eigenvalue weighted by molar-refractivity contribution is 0.0224. The van der Waals surface area contributed by atoms with Crippen molar-refractivity contribution in [1.82, 2.24) is 9.97 Å². The van der Waals surface area contributed by atoms with Crippen molar-refractivity contribution in [2.45, 2.75) is 18.7 Å². The van der Waals surface area contributed by atoms with Crippen LogP contribution in [0.15, 0.2) is 138 Å². The Hall–Kier alpha value is -6.55. The molecule has 2 aliphatic rings. The van der Waals surface area contributed by atoms with Gasteiger partial charge in [-0.1, -0.05) is 42.5 Å². The van der Waals surface area contributed by atoms with Gasteiger partial charge in [-0.2, -0.15) is 0 Å². The zero-order valence-corrected chi connectivity index (χ0v) is 25.4. The van der Waals surface area contributed by atoms with Crippen LogP contribution in [0.2, 0.25) is 0 Å². The van der Waals surface area contributed by atoms with Crippen molar-refractivity contribution in [3.05, 3.63) is 161 Å². The van der Waals surface area contributed by atoms with Crippen molar-refractivity contribution in [3.8, 4) is 23.0 Å². The molecule has 4 aromatic carbocycles. The lowest BCUT2D eigenvalue weighted by Gasteiger charge is -2.36. The predicted molar refractivity (Wildman–Crippen MR) is 177 cm³/mol. The van der Waals surface area contributed by atoms with Crippen LogP contribution in [0.25, 0.3) is 0 Å². The molecule has 1 spiro atoms. The number of aromatic hydroxyl groups is 2. The van der Waals surface area contributed by atoms with Crippen molar-refractivity contribution >= 4 is 23.0 Å². The highest BCUT2D eigenvalue weighted by Gasteiger charge is 2.53. The first-order chi connectivity index (χ1) is 23.5. The summed E-state index contributed by atoms with van der Waals surface area (Å²) in [5, 5.41) is 30.6. The number of ether oxygens (including phenoxy) is 2. The molecular formula is C38H27N5O5. The number of aromatic nitrogens is 2. The molecule has 10 heteroatoms. The molecule has 1 unspecified atom stereocenters. The van der Waals surface area contributed by atoms with Gasteiger partial charge in [-0.05, 0) is 60.7 Å². The Bertz CT molecular complexity index is 2170. The average molecular weight is 634 g/mol. The summed E-state index contributed by atoms with van der Waals surface area (Å²) in [5.74, 6) is -0.144. The molecule has 4 heterocycles. The number of carbonyl (C=O) groups excluding carboxylic acids is 1. The van der Waals surface area contributed by atoms with Gasteiger partial charge in [0.2, 0.25) is 0 Å². The molecule has 8 rings (SSSR count). The Kier molecular flexibility index (Phi) is 7.02. The standard InChI is InChI=1S/C38H27N5O5/c44-26-15-16-29-35(19-26)47-36-21-34(45)32(20-30(36)38(29)28-12-2-1-11-27(28)37(46)48-38)42-41-31-13-3-4-14-33(31)43(22-24-9-5-7-17-39-24)23-25-10-6-8-18-40-25/h1-21,44-45H,22-23H2. The number of anilines is 1. The SMILES string of the molecule is O=C1OC2(c3ccc(O)cc3Oc3cc(O)c(N=Nc4ccccc4N(Cc4ccccn4)Cc4ccccn4)cc32)c2ccccc21. The van der Waals surface area contributed by atoms with Crippen LogP contribution in [0.4, 0.5) is 17.1 Å². The van der Waals surface area contributed by atoms with Crippen LogP contribution in [0, 0.1) is 0 Å². The van der Waals surface area contributed by atoms with Crippen LogP contribution in [0.3, 0.4) is 0 Å². The van der Waals surface area contributed by atoms with Gasteiger partial charge in [0.15, 0.2) is 5.60 Å².